The third-order valence-corrected chi connectivity index (χ3v) is 5.92. The molecular formula is C30H20O. The van der Waals surface area contributed by atoms with Gasteiger partial charge in [-0.05, 0) is 68.6 Å². The second kappa shape index (κ2) is 7.30. The Morgan fingerprint density at radius 1 is 0.452 bits per heavy atom. The van der Waals surface area contributed by atoms with Crippen LogP contribution >= 0.6 is 0 Å². The fourth-order valence-corrected chi connectivity index (χ4v) is 4.52. The molecule has 1 heteroatoms. The fourth-order valence-electron chi connectivity index (χ4n) is 4.52. The van der Waals surface area contributed by atoms with Gasteiger partial charge in [-0.1, -0.05) is 84.9 Å². The van der Waals surface area contributed by atoms with Gasteiger partial charge in [-0.2, -0.15) is 0 Å². The normalized spacial score (nSPS) is 11.2. The summed E-state index contributed by atoms with van der Waals surface area (Å²) < 4.78 is 5.99. The average Bonchev–Trinajstić information content (AvgIpc) is 3.37. The van der Waals surface area contributed by atoms with E-state index in [9.17, 15) is 0 Å². The quantitative estimate of drug-likeness (QED) is 0.273. The van der Waals surface area contributed by atoms with Gasteiger partial charge in [0, 0.05) is 11.1 Å². The Morgan fingerprint density at radius 3 is 1.77 bits per heavy atom. The zero-order valence-electron chi connectivity index (χ0n) is 17.0. The number of hydrogen-bond donors (Lipinski definition) is 0. The maximum Gasteiger partial charge on any atom is 0.135 e. The van der Waals surface area contributed by atoms with Crippen LogP contribution in [0.4, 0.5) is 0 Å². The van der Waals surface area contributed by atoms with Gasteiger partial charge in [0.2, 0.25) is 0 Å². The van der Waals surface area contributed by atoms with Crippen molar-refractivity contribution in [1.29, 1.82) is 0 Å². The second-order valence-corrected chi connectivity index (χ2v) is 7.80. The van der Waals surface area contributed by atoms with Gasteiger partial charge in [0.15, 0.2) is 0 Å². The predicted molar refractivity (Wildman–Crippen MR) is 130 cm³/mol. The summed E-state index contributed by atoms with van der Waals surface area (Å²) >= 11 is 0. The van der Waals surface area contributed by atoms with Gasteiger partial charge in [-0.25, -0.2) is 0 Å². The first-order valence-corrected chi connectivity index (χ1v) is 10.5. The van der Waals surface area contributed by atoms with Crippen LogP contribution in [-0.4, -0.2) is 0 Å². The summed E-state index contributed by atoms with van der Waals surface area (Å²) in [5, 5.41) is 4.89. The Kier molecular flexibility index (Phi) is 4.18. The highest BCUT2D eigenvalue weighted by Crippen LogP contribution is 2.45. The molecule has 31 heavy (non-hydrogen) atoms. The molecule has 0 aliphatic carbocycles. The molecule has 0 aliphatic rings. The lowest BCUT2D eigenvalue weighted by atomic mass is 9.85. The average molecular weight is 396 g/mol. The summed E-state index contributed by atoms with van der Waals surface area (Å²) in [5.41, 5.74) is 5.93. The van der Waals surface area contributed by atoms with E-state index in [2.05, 4.69) is 109 Å². The van der Waals surface area contributed by atoms with Crippen molar-refractivity contribution in [1.82, 2.24) is 0 Å². The number of fused-ring (bicyclic) bond motifs is 2. The lowest BCUT2D eigenvalue weighted by Gasteiger charge is -2.18. The van der Waals surface area contributed by atoms with Gasteiger partial charge in [-0.15, -0.1) is 0 Å². The Morgan fingerprint density at radius 2 is 1.10 bits per heavy atom. The molecule has 0 saturated carbocycles. The maximum absolute atomic E-state index is 5.99. The molecule has 1 aromatic heterocycles. The van der Waals surface area contributed by atoms with Gasteiger partial charge in [0.1, 0.15) is 5.76 Å². The second-order valence-electron chi connectivity index (χ2n) is 7.80. The standard InChI is InChI=1S/C30H20O/c1-3-10-21(11-4-1)26-20-25-18-23-14-7-8-15-24(23)19-27(25)30(28-16-9-17-31-28)29(26)22-12-5-2-6-13-22/h1-20H. The summed E-state index contributed by atoms with van der Waals surface area (Å²) in [6.07, 6.45) is 1.76. The SMILES string of the molecule is c1ccc(-c2cc3cc4ccccc4cc3c(-c3ccco3)c2-c2ccccc2)cc1. The Hall–Kier alpha value is -4.10. The Balaban J connectivity index is 1.83. The monoisotopic (exact) mass is 396 g/mol. The molecule has 0 N–H and O–H groups in total. The van der Waals surface area contributed by atoms with Gasteiger partial charge < -0.3 is 4.42 Å². The summed E-state index contributed by atoms with van der Waals surface area (Å²) in [5.74, 6) is 0.886. The molecule has 0 fully saturated rings. The molecule has 0 aliphatic heterocycles. The smallest absolute Gasteiger partial charge is 0.135 e. The zero-order chi connectivity index (χ0) is 20.6. The highest BCUT2D eigenvalue weighted by Gasteiger charge is 2.20. The molecule has 5 aromatic carbocycles. The molecule has 0 radical (unpaired) electrons. The van der Waals surface area contributed by atoms with Crippen molar-refractivity contribution in [2.75, 3.05) is 0 Å². The van der Waals surface area contributed by atoms with E-state index in [1.54, 1.807) is 6.26 Å². The molecule has 0 amide bonds. The highest BCUT2D eigenvalue weighted by atomic mass is 16.3. The first-order chi connectivity index (χ1) is 15.4. The molecule has 0 unspecified atom stereocenters. The first kappa shape index (κ1) is 17.7. The van der Waals surface area contributed by atoms with Crippen LogP contribution in [0.2, 0.25) is 0 Å². The van der Waals surface area contributed by atoms with E-state index in [-0.39, 0.29) is 0 Å². The van der Waals surface area contributed by atoms with Crippen LogP contribution in [0.1, 0.15) is 0 Å². The molecule has 6 aromatic rings. The largest absolute Gasteiger partial charge is 0.464 e. The van der Waals surface area contributed by atoms with E-state index in [1.807, 2.05) is 6.07 Å². The van der Waals surface area contributed by atoms with Crippen LogP contribution in [0.15, 0.2) is 126 Å². The van der Waals surface area contributed by atoms with E-state index >= 15 is 0 Å². The lowest BCUT2D eigenvalue weighted by Crippen LogP contribution is -1.92. The minimum Gasteiger partial charge on any atom is -0.464 e. The van der Waals surface area contributed by atoms with Crippen molar-refractivity contribution in [3.8, 4) is 33.6 Å². The van der Waals surface area contributed by atoms with Crippen LogP contribution < -0.4 is 0 Å². The minimum absolute atomic E-state index is 0.886. The van der Waals surface area contributed by atoms with E-state index in [0.717, 1.165) is 11.3 Å². The van der Waals surface area contributed by atoms with Crippen LogP contribution in [0.3, 0.4) is 0 Å². The van der Waals surface area contributed by atoms with Crippen LogP contribution in [-0.2, 0) is 0 Å². The Labute approximate surface area is 181 Å². The fraction of sp³-hybridized carbons (Fsp3) is 0. The number of hydrogen-bond acceptors (Lipinski definition) is 1. The number of furan rings is 1. The predicted octanol–water partition coefficient (Wildman–Crippen LogP) is 8.59. The summed E-state index contributed by atoms with van der Waals surface area (Å²) in [6, 6.07) is 40.7. The molecule has 0 saturated heterocycles. The first-order valence-electron chi connectivity index (χ1n) is 10.5. The van der Waals surface area contributed by atoms with Crippen LogP contribution in [0.5, 0.6) is 0 Å². The zero-order valence-corrected chi connectivity index (χ0v) is 17.0. The molecule has 0 atom stereocenters. The topological polar surface area (TPSA) is 13.1 Å². The van der Waals surface area contributed by atoms with Gasteiger partial charge >= 0.3 is 0 Å². The van der Waals surface area contributed by atoms with E-state index in [1.165, 1.54) is 43.8 Å². The Bertz CT molecular complexity index is 1500. The van der Waals surface area contributed by atoms with Crippen molar-refractivity contribution in [2.45, 2.75) is 0 Å². The number of benzene rings is 5. The lowest BCUT2D eigenvalue weighted by molar-refractivity contribution is 0.583. The van der Waals surface area contributed by atoms with Gasteiger partial charge in [0.25, 0.3) is 0 Å². The molecule has 1 nitrogen and oxygen atoms in total. The molecule has 146 valence electrons. The minimum atomic E-state index is 0.886. The van der Waals surface area contributed by atoms with Crippen molar-refractivity contribution < 1.29 is 4.42 Å². The van der Waals surface area contributed by atoms with Crippen molar-refractivity contribution in [3.63, 3.8) is 0 Å². The van der Waals surface area contributed by atoms with Crippen molar-refractivity contribution >= 4 is 21.5 Å². The number of rotatable bonds is 3. The van der Waals surface area contributed by atoms with E-state index in [0.29, 0.717) is 0 Å². The maximum atomic E-state index is 5.99. The van der Waals surface area contributed by atoms with Crippen molar-refractivity contribution in [2.24, 2.45) is 0 Å². The molecule has 6 rings (SSSR count). The molecule has 1 heterocycles. The highest BCUT2D eigenvalue weighted by molar-refractivity contribution is 6.12. The van der Waals surface area contributed by atoms with Crippen LogP contribution in [0.25, 0.3) is 55.1 Å². The molecular weight excluding hydrogens is 376 g/mol. The third-order valence-electron chi connectivity index (χ3n) is 5.92. The third kappa shape index (κ3) is 3.03. The van der Waals surface area contributed by atoms with Crippen LogP contribution in [0, 0.1) is 0 Å². The molecule has 0 spiro atoms. The summed E-state index contributed by atoms with van der Waals surface area (Å²) in [7, 11) is 0. The van der Waals surface area contributed by atoms with Crippen molar-refractivity contribution in [3.05, 3.63) is 122 Å². The van der Waals surface area contributed by atoms with Gasteiger partial charge in [0.05, 0.1) is 6.26 Å². The van der Waals surface area contributed by atoms with Gasteiger partial charge in [-0.3, -0.25) is 0 Å². The summed E-state index contributed by atoms with van der Waals surface area (Å²) in [4.78, 5) is 0. The van der Waals surface area contributed by atoms with E-state index in [4.69, 9.17) is 4.42 Å². The molecule has 0 bridgehead atoms. The summed E-state index contributed by atoms with van der Waals surface area (Å²) in [6.45, 7) is 0. The van der Waals surface area contributed by atoms with E-state index < -0.39 is 0 Å².